The van der Waals surface area contributed by atoms with Crippen LogP contribution < -0.4 is 5.32 Å². The molecule has 144 valence electrons. The number of ether oxygens (including phenoxy) is 1. The van der Waals surface area contributed by atoms with Gasteiger partial charge in [-0.1, -0.05) is 42.5 Å². The molecule has 1 amide bonds. The number of amides is 1. The second-order valence-electron chi connectivity index (χ2n) is 5.89. The second-order valence-corrected chi connectivity index (χ2v) is 5.89. The number of carbonyl (C=O) groups is 2. The third kappa shape index (κ3) is 7.01. The van der Waals surface area contributed by atoms with E-state index in [-0.39, 0.29) is 18.8 Å². The first-order valence-corrected chi connectivity index (χ1v) is 8.09. The zero-order valence-electron chi connectivity index (χ0n) is 14.2. The zero-order chi connectivity index (χ0) is 19.9. The Morgan fingerprint density at radius 2 is 1.63 bits per heavy atom. The highest BCUT2D eigenvalue weighted by molar-refractivity contribution is 5.82. The lowest BCUT2D eigenvalue weighted by atomic mass is 10.0. The Bertz CT molecular complexity index is 761. The Hall–Kier alpha value is -3.03. The number of phenols is 1. The summed E-state index contributed by atoms with van der Waals surface area (Å²) in [7, 11) is 0. The molecule has 27 heavy (non-hydrogen) atoms. The van der Waals surface area contributed by atoms with Crippen LogP contribution in [-0.2, 0) is 27.4 Å². The molecule has 0 heterocycles. The summed E-state index contributed by atoms with van der Waals surface area (Å²) in [6.07, 6.45) is -5.50. The van der Waals surface area contributed by atoms with E-state index in [4.69, 9.17) is 4.74 Å². The van der Waals surface area contributed by atoms with Gasteiger partial charge in [-0.15, -0.1) is 0 Å². The van der Waals surface area contributed by atoms with Crippen LogP contribution in [0.5, 0.6) is 5.75 Å². The number of carbonyl (C=O) groups excluding carboxylic acids is 2. The van der Waals surface area contributed by atoms with E-state index in [0.29, 0.717) is 5.56 Å². The third-order valence-electron chi connectivity index (χ3n) is 3.67. The van der Waals surface area contributed by atoms with Crippen molar-refractivity contribution in [3.63, 3.8) is 0 Å². The molecule has 8 heteroatoms. The van der Waals surface area contributed by atoms with Crippen molar-refractivity contribution in [2.24, 2.45) is 0 Å². The third-order valence-corrected chi connectivity index (χ3v) is 3.67. The topological polar surface area (TPSA) is 75.6 Å². The van der Waals surface area contributed by atoms with E-state index < -0.39 is 30.5 Å². The van der Waals surface area contributed by atoms with Crippen molar-refractivity contribution in [2.45, 2.75) is 31.7 Å². The SMILES string of the molecule is O=C(C[C@@H](Cc1ccc(O)cc1)NC(=O)C(F)(F)F)OCc1ccccc1. The van der Waals surface area contributed by atoms with Crippen molar-refractivity contribution >= 4 is 11.9 Å². The lowest BCUT2D eigenvalue weighted by Gasteiger charge is -2.19. The van der Waals surface area contributed by atoms with Gasteiger partial charge in [0.15, 0.2) is 0 Å². The van der Waals surface area contributed by atoms with Crippen molar-refractivity contribution in [2.75, 3.05) is 0 Å². The van der Waals surface area contributed by atoms with E-state index in [1.54, 1.807) is 30.3 Å². The molecular weight excluding hydrogens is 363 g/mol. The molecule has 2 N–H and O–H groups in total. The summed E-state index contributed by atoms with van der Waals surface area (Å²) in [5.41, 5.74) is 1.29. The number of aromatic hydroxyl groups is 1. The van der Waals surface area contributed by atoms with Crippen LogP contribution in [0.2, 0.25) is 0 Å². The predicted octanol–water partition coefficient (Wildman–Crippen LogP) is 3.12. The molecule has 1 atom stereocenters. The molecule has 0 fully saturated rings. The van der Waals surface area contributed by atoms with E-state index in [1.807, 2.05) is 5.32 Å². The average Bonchev–Trinajstić information content (AvgIpc) is 2.62. The average molecular weight is 381 g/mol. The van der Waals surface area contributed by atoms with E-state index in [0.717, 1.165) is 5.56 Å². The van der Waals surface area contributed by atoms with Crippen LogP contribution >= 0.6 is 0 Å². The Balaban J connectivity index is 2.00. The summed E-state index contributed by atoms with van der Waals surface area (Å²) < 4.78 is 42.7. The summed E-state index contributed by atoms with van der Waals surface area (Å²) in [4.78, 5) is 23.3. The Labute approximate surface area is 153 Å². The summed E-state index contributed by atoms with van der Waals surface area (Å²) in [6, 6.07) is 13.4. The maximum Gasteiger partial charge on any atom is 0.471 e. The lowest BCUT2D eigenvalue weighted by molar-refractivity contribution is -0.174. The van der Waals surface area contributed by atoms with Gasteiger partial charge in [0.1, 0.15) is 12.4 Å². The number of nitrogens with one attached hydrogen (secondary N) is 1. The molecule has 0 bridgehead atoms. The van der Waals surface area contributed by atoms with Crippen molar-refractivity contribution < 1.29 is 32.6 Å². The first-order valence-electron chi connectivity index (χ1n) is 8.09. The molecule has 0 radical (unpaired) electrons. The summed E-state index contributed by atoms with van der Waals surface area (Å²) in [5.74, 6) is -2.86. The van der Waals surface area contributed by atoms with Crippen LogP contribution in [-0.4, -0.2) is 29.2 Å². The van der Waals surface area contributed by atoms with Crippen molar-refractivity contribution in [3.05, 3.63) is 65.7 Å². The molecule has 0 saturated carbocycles. The van der Waals surface area contributed by atoms with Gasteiger partial charge < -0.3 is 15.2 Å². The molecule has 0 saturated heterocycles. The highest BCUT2D eigenvalue weighted by atomic mass is 19.4. The Morgan fingerprint density at radius 3 is 2.22 bits per heavy atom. The Kier molecular flexibility index (Phi) is 6.81. The molecule has 5 nitrogen and oxygen atoms in total. The van der Waals surface area contributed by atoms with E-state index in [2.05, 4.69) is 0 Å². The fraction of sp³-hybridized carbons (Fsp3) is 0.263. The number of hydrogen-bond acceptors (Lipinski definition) is 4. The molecule has 2 aromatic carbocycles. The molecule has 0 unspecified atom stereocenters. The smallest absolute Gasteiger partial charge is 0.471 e. The second kappa shape index (κ2) is 9.07. The molecule has 0 aromatic heterocycles. The highest BCUT2D eigenvalue weighted by Gasteiger charge is 2.40. The maximum atomic E-state index is 12.5. The van der Waals surface area contributed by atoms with Gasteiger partial charge in [0, 0.05) is 6.04 Å². The van der Waals surface area contributed by atoms with Gasteiger partial charge in [-0.25, -0.2) is 0 Å². The Morgan fingerprint density at radius 1 is 1.00 bits per heavy atom. The van der Waals surface area contributed by atoms with E-state index in [9.17, 15) is 27.9 Å². The molecular formula is C19H18F3NO4. The largest absolute Gasteiger partial charge is 0.508 e. The first kappa shape index (κ1) is 20.3. The van der Waals surface area contributed by atoms with Crippen LogP contribution in [0, 0.1) is 0 Å². The van der Waals surface area contributed by atoms with Gasteiger partial charge in [-0.2, -0.15) is 13.2 Å². The lowest BCUT2D eigenvalue weighted by Crippen LogP contribution is -2.45. The monoisotopic (exact) mass is 381 g/mol. The van der Waals surface area contributed by atoms with Crippen molar-refractivity contribution in [3.8, 4) is 5.75 Å². The number of halogens is 3. The number of hydrogen-bond donors (Lipinski definition) is 2. The van der Waals surface area contributed by atoms with Gasteiger partial charge in [-0.3, -0.25) is 9.59 Å². The van der Waals surface area contributed by atoms with Crippen molar-refractivity contribution in [1.29, 1.82) is 0 Å². The standard InChI is InChI=1S/C19H18F3NO4/c20-19(21,22)18(26)23-15(10-13-6-8-16(24)9-7-13)11-17(25)27-12-14-4-2-1-3-5-14/h1-9,15,24H,10-12H2,(H,23,26)/t15-/m1/s1. The number of benzene rings is 2. The zero-order valence-corrected chi connectivity index (χ0v) is 14.2. The van der Waals surface area contributed by atoms with Gasteiger partial charge in [-0.05, 0) is 29.7 Å². The van der Waals surface area contributed by atoms with Crippen LogP contribution in [0.1, 0.15) is 17.5 Å². The molecule has 0 spiro atoms. The normalized spacial score (nSPS) is 12.3. The van der Waals surface area contributed by atoms with Crippen LogP contribution in [0.3, 0.4) is 0 Å². The molecule has 2 aromatic rings. The van der Waals surface area contributed by atoms with Gasteiger partial charge in [0.2, 0.25) is 0 Å². The van der Waals surface area contributed by atoms with E-state index in [1.165, 1.54) is 24.3 Å². The van der Waals surface area contributed by atoms with E-state index >= 15 is 0 Å². The van der Waals surface area contributed by atoms with Gasteiger partial charge in [0.25, 0.3) is 0 Å². The molecule has 0 aliphatic rings. The summed E-state index contributed by atoms with van der Waals surface area (Å²) in [5, 5.41) is 11.1. The summed E-state index contributed by atoms with van der Waals surface area (Å²) >= 11 is 0. The van der Waals surface area contributed by atoms with Crippen LogP contribution in [0.25, 0.3) is 0 Å². The maximum absolute atomic E-state index is 12.5. The minimum Gasteiger partial charge on any atom is -0.508 e. The number of alkyl halides is 3. The fourth-order valence-corrected chi connectivity index (χ4v) is 2.36. The summed E-state index contributed by atoms with van der Waals surface area (Å²) in [6.45, 7) is -0.0151. The number of phenolic OH excluding ortho intramolecular Hbond substituents is 1. The van der Waals surface area contributed by atoms with Crippen LogP contribution in [0.4, 0.5) is 13.2 Å². The predicted molar refractivity (Wildman–Crippen MR) is 90.7 cm³/mol. The first-order chi connectivity index (χ1) is 12.7. The number of rotatable bonds is 7. The van der Waals surface area contributed by atoms with Gasteiger partial charge >= 0.3 is 18.1 Å². The fourth-order valence-electron chi connectivity index (χ4n) is 2.36. The molecule has 0 aliphatic heterocycles. The molecule has 0 aliphatic carbocycles. The quantitative estimate of drug-likeness (QED) is 0.723. The van der Waals surface area contributed by atoms with Crippen LogP contribution in [0.15, 0.2) is 54.6 Å². The van der Waals surface area contributed by atoms with Crippen molar-refractivity contribution in [1.82, 2.24) is 5.32 Å². The minimum atomic E-state index is -5.05. The minimum absolute atomic E-state index is 0.00287. The van der Waals surface area contributed by atoms with Gasteiger partial charge in [0.05, 0.1) is 6.42 Å². The molecule has 2 rings (SSSR count). The number of esters is 1. The highest BCUT2D eigenvalue weighted by Crippen LogP contribution is 2.17.